The second-order valence-electron chi connectivity index (χ2n) is 9.40. The molecule has 3 aromatic carbocycles. The highest BCUT2D eigenvalue weighted by molar-refractivity contribution is 6.17. The van der Waals surface area contributed by atoms with Gasteiger partial charge in [0, 0.05) is 22.9 Å². The molecule has 0 heterocycles. The monoisotopic (exact) mass is 496 g/mol. The predicted octanol–water partition coefficient (Wildman–Crippen LogP) is 6.49. The first-order valence-electron chi connectivity index (χ1n) is 11.1. The Labute approximate surface area is 211 Å². The number of alkyl halides is 2. The van der Waals surface area contributed by atoms with Gasteiger partial charge in [0.05, 0.1) is 11.1 Å². The van der Waals surface area contributed by atoms with Crippen molar-refractivity contribution in [3.63, 3.8) is 0 Å². The van der Waals surface area contributed by atoms with Gasteiger partial charge in [0.15, 0.2) is 0 Å². The summed E-state index contributed by atoms with van der Waals surface area (Å²) in [4.78, 5) is 25.5. The summed E-state index contributed by atoms with van der Waals surface area (Å²) in [6, 6.07) is 22.5. The summed E-state index contributed by atoms with van der Waals surface area (Å²) in [6.45, 7) is 7.85. The van der Waals surface area contributed by atoms with Crippen LogP contribution in [0.3, 0.4) is 0 Å². The Balaban J connectivity index is 1.70. The number of nitrogens with one attached hydrogen (secondary N) is 2. The highest BCUT2D eigenvalue weighted by Crippen LogP contribution is 2.26. The number of amides is 2. The molecule has 0 aliphatic rings. The van der Waals surface area contributed by atoms with Gasteiger partial charge in [-0.3, -0.25) is 9.59 Å². The minimum atomic E-state index is -0.585. The van der Waals surface area contributed by atoms with Crippen LogP contribution in [0.1, 0.15) is 70.7 Å². The zero-order valence-corrected chi connectivity index (χ0v) is 21.4. The van der Waals surface area contributed by atoms with E-state index in [1.54, 1.807) is 24.3 Å². The third kappa shape index (κ3) is 6.19. The standard InChI is InChI=1S/C28H30Cl2N2O2/c1-27(2,31-25(33)21-9-5-19(17-29)6-10-21)23-13-15-24(16-14-23)28(3,4)32-26(34)22-11-7-20(18-30)8-12-22/h5-16H,17-18H2,1-4H3,(H,31,33)(H,32,34). The summed E-state index contributed by atoms with van der Waals surface area (Å²) in [5.41, 5.74) is 3.85. The van der Waals surface area contributed by atoms with E-state index in [-0.39, 0.29) is 11.8 Å². The molecule has 0 atom stereocenters. The van der Waals surface area contributed by atoms with Gasteiger partial charge in [0.2, 0.25) is 0 Å². The number of carbonyl (C=O) groups is 2. The maximum Gasteiger partial charge on any atom is 0.251 e. The molecule has 0 spiro atoms. The minimum absolute atomic E-state index is 0.150. The number of halogens is 2. The molecule has 0 saturated carbocycles. The molecule has 178 valence electrons. The van der Waals surface area contributed by atoms with Gasteiger partial charge in [-0.25, -0.2) is 0 Å². The molecule has 34 heavy (non-hydrogen) atoms. The number of benzene rings is 3. The van der Waals surface area contributed by atoms with Crippen molar-refractivity contribution >= 4 is 35.0 Å². The zero-order valence-electron chi connectivity index (χ0n) is 19.9. The first kappa shape index (κ1) is 25.8. The van der Waals surface area contributed by atoms with Crippen LogP contribution in [0.25, 0.3) is 0 Å². The molecule has 0 fully saturated rings. The van der Waals surface area contributed by atoms with Crippen molar-refractivity contribution < 1.29 is 9.59 Å². The van der Waals surface area contributed by atoms with Crippen LogP contribution in [0, 0.1) is 0 Å². The van der Waals surface area contributed by atoms with E-state index in [1.165, 1.54) is 0 Å². The van der Waals surface area contributed by atoms with Crippen molar-refractivity contribution in [2.45, 2.75) is 50.5 Å². The van der Waals surface area contributed by atoms with Crippen molar-refractivity contribution in [3.8, 4) is 0 Å². The largest absolute Gasteiger partial charge is 0.343 e. The Morgan fingerprint density at radius 3 is 1.15 bits per heavy atom. The number of carbonyl (C=O) groups excluding carboxylic acids is 2. The lowest BCUT2D eigenvalue weighted by Crippen LogP contribution is -2.42. The SMILES string of the molecule is CC(C)(NC(=O)c1ccc(CCl)cc1)c1ccc(C(C)(C)NC(=O)c2ccc(CCl)cc2)cc1. The van der Waals surface area contributed by atoms with E-state index in [2.05, 4.69) is 10.6 Å². The second-order valence-corrected chi connectivity index (χ2v) is 9.93. The van der Waals surface area contributed by atoms with Gasteiger partial charge in [0.1, 0.15) is 0 Å². The third-order valence-corrected chi connectivity index (χ3v) is 6.54. The van der Waals surface area contributed by atoms with Gasteiger partial charge < -0.3 is 10.6 Å². The van der Waals surface area contributed by atoms with Crippen LogP contribution in [-0.4, -0.2) is 11.8 Å². The van der Waals surface area contributed by atoms with Crippen LogP contribution in [0.4, 0.5) is 0 Å². The lowest BCUT2D eigenvalue weighted by Gasteiger charge is -2.30. The number of rotatable bonds is 8. The molecule has 4 nitrogen and oxygen atoms in total. The van der Waals surface area contributed by atoms with E-state index in [4.69, 9.17) is 23.2 Å². The lowest BCUT2D eigenvalue weighted by atomic mass is 9.88. The molecule has 0 radical (unpaired) electrons. The fourth-order valence-corrected chi connectivity index (χ4v) is 4.01. The Morgan fingerprint density at radius 2 is 0.882 bits per heavy atom. The van der Waals surface area contributed by atoms with Crippen LogP contribution >= 0.6 is 23.2 Å². The minimum Gasteiger partial charge on any atom is -0.343 e. The summed E-state index contributed by atoms with van der Waals surface area (Å²) >= 11 is 11.7. The van der Waals surface area contributed by atoms with Crippen molar-refractivity contribution in [1.29, 1.82) is 0 Å². The van der Waals surface area contributed by atoms with Crippen molar-refractivity contribution in [2.75, 3.05) is 0 Å². The van der Waals surface area contributed by atoms with Gasteiger partial charge in [-0.2, -0.15) is 0 Å². The lowest BCUT2D eigenvalue weighted by molar-refractivity contribution is 0.0901. The van der Waals surface area contributed by atoms with Gasteiger partial charge in [-0.05, 0) is 74.2 Å². The smallest absolute Gasteiger partial charge is 0.251 e. The Hall–Kier alpha value is -2.82. The second kappa shape index (κ2) is 10.6. The van der Waals surface area contributed by atoms with Crippen molar-refractivity contribution in [2.24, 2.45) is 0 Å². The molecule has 2 N–H and O–H groups in total. The summed E-state index contributed by atoms with van der Waals surface area (Å²) in [5, 5.41) is 6.19. The van der Waals surface area contributed by atoms with E-state index < -0.39 is 11.1 Å². The Kier molecular flexibility index (Phi) is 8.06. The average molecular weight is 497 g/mol. The maximum absolute atomic E-state index is 12.8. The van der Waals surface area contributed by atoms with Crippen molar-refractivity contribution in [3.05, 3.63) is 106 Å². The van der Waals surface area contributed by atoms with Crippen LogP contribution in [0.2, 0.25) is 0 Å². The zero-order chi connectivity index (χ0) is 24.9. The van der Waals surface area contributed by atoms with Gasteiger partial charge in [-0.1, -0.05) is 48.5 Å². The van der Waals surface area contributed by atoms with Crippen LogP contribution < -0.4 is 10.6 Å². The molecule has 6 heteroatoms. The molecule has 0 unspecified atom stereocenters. The molecule has 2 amide bonds. The highest BCUT2D eigenvalue weighted by atomic mass is 35.5. The molecule has 3 aromatic rings. The van der Waals surface area contributed by atoms with E-state index in [1.807, 2.05) is 76.2 Å². The first-order chi connectivity index (χ1) is 16.1. The molecular weight excluding hydrogens is 467 g/mol. The van der Waals surface area contributed by atoms with Crippen LogP contribution in [0.15, 0.2) is 72.8 Å². The van der Waals surface area contributed by atoms with Crippen molar-refractivity contribution in [1.82, 2.24) is 10.6 Å². The molecule has 3 rings (SSSR count). The fourth-order valence-electron chi connectivity index (χ4n) is 3.65. The average Bonchev–Trinajstić information content (AvgIpc) is 2.83. The van der Waals surface area contributed by atoms with E-state index >= 15 is 0 Å². The van der Waals surface area contributed by atoms with Crippen LogP contribution in [-0.2, 0) is 22.8 Å². The molecule has 0 aromatic heterocycles. The third-order valence-electron chi connectivity index (χ3n) is 5.92. The van der Waals surface area contributed by atoms with Gasteiger partial charge in [-0.15, -0.1) is 23.2 Å². The molecule has 0 aliphatic carbocycles. The summed E-state index contributed by atoms with van der Waals surface area (Å²) in [7, 11) is 0. The van der Waals surface area contributed by atoms with Crippen LogP contribution in [0.5, 0.6) is 0 Å². The molecule has 0 bridgehead atoms. The fraction of sp³-hybridized carbons (Fsp3) is 0.286. The van der Waals surface area contributed by atoms with Gasteiger partial charge in [0.25, 0.3) is 11.8 Å². The first-order valence-corrected chi connectivity index (χ1v) is 12.2. The molecular formula is C28H30Cl2N2O2. The highest BCUT2D eigenvalue weighted by Gasteiger charge is 2.27. The summed E-state index contributed by atoms with van der Waals surface area (Å²) in [5.74, 6) is 0.527. The molecule has 0 aliphatic heterocycles. The summed E-state index contributed by atoms with van der Waals surface area (Å²) in [6.07, 6.45) is 0. The Bertz CT molecular complexity index is 1040. The Morgan fingerprint density at radius 1 is 0.588 bits per heavy atom. The predicted molar refractivity (Wildman–Crippen MR) is 139 cm³/mol. The number of hydrogen-bond acceptors (Lipinski definition) is 2. The summed E-state index contributed by atoms with van der Waals surface area (Å²) < 4.78 is 0. The quantitative estimate of drug-likeness (QED) is 0.350. The normalized spacial score (nSPS) is 11.7. The van der Waals surface area contributed by atoms with E-state index in [0.29, 0.717) is 22.9 Å². The molecule has 0 saturated heterocycles. The van der Waals surface area contributed by atoms with E-state index in [9.17, 15) is 9.59 Å². The van der Waals surface area contributed by atoms with E-state index in [0.717, 1.165) is 22.3 Å². The van der Waals surface area contributed by atoms with Gasteiger partial charge >= 0.3 is 0 Å². The maximum atomic E-state index is 12.8. The number of hydrogen-bond donors (Lipinski definition) is 2. The topological polar surface area (TPSA) is 58.2 Å².